The second kappa shape index (κ2) is 5.76. The largest absolute Gasteiger partial charge is 0.346 e. The fourth-order valence-electron chi connectivity index (χ4n) is 2.04. The summed E-state index contributed by atoms with van der Waals surface area (Å²) in [6, 6.07) is 5.76. The predicted octanol–water partition coefficient (Wildman–Crippen LogP) is 3.24. The van der Waals surface area contributed by atoms with Gasteiger partial charge in [0.15, 0.2) is 5.83 Å². The van der Waals surface area contributed by atoms with Crippen LogP contribution in [-0.2, 0) is 11.3 Å². The van der Waals surface area contributed by atoms with Crippen molar-refractivity contribution >= 4 is 5.91 Å². The molecule has 0 bridgehead atoms. The first kappa shape index (κ1) is 12.7. The van der Waals surface area contributed by atoms with Gasteiger partial charge in [0.2, 0.25) is 0 Å². The summed E-state index contributed by atoms with van der Waals surface area (Å²) in [5.74, 6) is -1.64. The normalized spacial score (nSPS) is 14.7. The number of nitrogens with one attached hydrogen (secondary N) is 1. The first-order valence-corrected chi connectivity index (χ1v) is 6.07. The quantitative estimate of drug-likeness (QED) is 0.821. The standard InChI is InChI=1S/C14H15F2NO/c15-12-7-5-10(6-8-12)9-17-14(18)13(16)11-3-1-2-4-11/h5-8H,1-4,9H2,(H,17,18). The average molecular weight is 251 g/mol. The fraction of sp³-hybridized carbons (Fsp3) is 0.357. The molecule has 0 atom stereocenters. The van der Waals surface area contributed by atoms with E-state index in [1.807, 2.05) is 0 Å². The van der Waals surface area contributed by atoms with Gasteiger partial charge in [-0.25, -0.2) is 8.78 Å². The van der Waals surface area contributed by atoms with Gasteiger partial charge in [-0.05, 0) is 49.0 Å². The Bertz CT molecular complexity index is 457. The van der Waals surface area contributed by atoms with E-state index in [2.05, 4.69) is 5.32 Å². The molecule has 1 aliphatic rings. The van der Waals surface area contributed by atoms with E-state index in [1.54, 1.807) is 12.1 Å². The van der Waals surface area contributed by atoms with Crippen LogP contribution in [0.4, 0.5) is 8.78 Å². The van der Waals surface area contributed by atoms with Crippen molar-refractivity contribution in [2.24, 2.45) is 0 Å². The van der Waals surface area contributed by atoms with Crippen molar-refractivity contribution in [1.29, 1.82) is 0 Å². The molecule has 0 aromatic heterocycles. The highest BCUT2D eigenvalue weighted by atomic mass is 19.1. The molecular weight excluding hydrogens is 236 g/mol. The van der Waals surface area contributed by atoms with Crippen molar-refractivity contribution < 1.29 is 13.6 Å². The molecule has 1 N–H and O–H groups in total. The molecule has 0 aliphatic heterocycles. The molecule has 0 radical (unpaired) electrons. The third-order valence-electron chi connectivity index (χ3n) is 3.08. The number of allylic oxidation sites excluding steroid dienone is 1. The molecule has 1 amide bonds. The highest BCUT2D eigenvalue weighted by Gasteiger charge is 2.18. The summed E-state index contributed by atoms with van der Waals surface area (Å²) >= 11 is 0. The molecule has 1 saturated carbocycles. The number of hydrogen-bond donors (Lipinski definition) is 1. The zero-order valence-corrected chi connectivity index (χ0v) is 10.0. The van der Waals surface area contributed by atoms with Crippen molar-refractivity contribution in [3.8, 4) is 0 Å². The van der Waals surface area contributed by atoms with Gasteiger partial charge < -0.3 is 5.32 Å². The number of hydrogen-bond acceptors (Lipinski definition) is 1. The maximum Gasteiger partial charge on any atom is 0.280 e. The molecule has 4 heteroatoms. The average Bonchev–Trinajstić information content (AvgIpc) is 2.90. The van der Waals surface area contributed by atoms with E-state index >= 15 is 0 Å². The Balaban J connectivity index is 1.92. The van der Waals surface area contributed by atoms with Gasteiger partial charge in [-0.3, -0.25) is 4.79 Å². The molecule has 2 rings (SSSR count). The van der Waals surface area contributed by atoms with E-state index in [1.165, 1.54) is 12.1 Å². The summed E-state index contributed by atoms with van der Waals surface area (Å²) in [7, 11) is 0. The summed E-state index contributed by atoms with van der Waals surface area (Å²) in [6.45, 7) is 0.208. The molecule has 0 spiro atoms. The van der Waals surface area contributed by atoms with Crippen molar-refractivity contribution in [3.63, 3.8) is 0 Å². The maximum absolute atomic E-state index is 13.7. The minimum absolute atomic E-state index is 0.208. The van der Waals surface area contributed by atoms with Gasteiger partial charge in [-0.15, -0.1) is 0 Å². The molecule has 96 valence electrons. The maximum atomic E-state index is 13.7. The SMILES string of the molecule is O=C(NCc1ccc(F)cc1)C(F)=C1CCCC1. The van der Waals surface area contributed by atoms with Crippen LogP contribution in [0.5, 0.6) is 0 Å². The topological polar surface area (TPSA) is 29.1 Å². The van der Waals surface area contributed by atoms with E-state index in [9.17, 15) is 13.6 Å². The summed E-state index contributed by atoms with van der Waals surface area (Å²) in [5.41, 5.74) is 1.36. The number of amides is 1. The first-order valence-electron chi connectivity index (χ1n) is 6.07. The minimum atomic E-state index is -0.670. The van der Waals surface area contributed by atoms with E-state index in [4.69, 9.17) is 0 Å². The second-order valence-electron chi connectivity index (χ2n) is 4.43. The van der Waals surface area contributed by atoms with Crippen molar-refractivity contribution in [2.75, 3.05) is 0 Å². The number of benzene rings is 1. The lowest BCUT2D eigenvalue weighted by atomic mass is 10.2. The molecule has 2 nitrogen and oxygen atoms in total. The lowest BCUT2D eigenvalue weighted by molar-refractivity contribution is -0.119. The van der Waals surface area contributed by atoms with E-state index in [0.29, 0.717) is 18.4 Å². The molecule has 1 aliphatic carbocycles. The summed E-state index contributed by atoms with van der Waals surface area (Å²) in [5, 5.41) is 2.50. The van der Waals surface area contributed by atoms with Gasteiger partial charge in [-0.2, -0.15) is 0 Å². The van der Waals surface area contributed by atoms with Crippen LogP contribution in [-0.4, -0.2) is 5.91 Å². The Morgan fingerprint density at radius 3 is 2.39 bits per heavy atom. The monoisotopic (exact) mass is 251 g/mol. The van der Waals surface area contributed by atoms with Crippen LogP contribution in [0, 0.1) is 5.82 Å². The molecule has 0 heterocycles. The summed E-state index contributed by atoms with van der Waals surface area (Å²) in [4.78, 5) is 11.6. The van der Waals surface area contributed by atoms with Gasteiger partial charge in [-0.1, -0.05) is 12.1 Å². The van der Waals surface area contributed by atoms with Crippen LogP contribution in [0.3, 0.4) is 0 Å². The van der Waals surface area contributed by atoms with Crippen LogP contribution < -0.4 is 5.32 Å². The van der Waals surface area contributed by atoms with E-state index < -0.39 is 11.7 Å². The minimum Gasteiger partial charge on any atom is -0.346 e. The Hall–Kier alpha value is -1.71. The van der Waals surface area contributed by atoms with Gasteiger partial charge in [0.25, 0.3) is 5.91 Å². The third kappa shape index (κ3) is 3.15. The molecule has 1 aromatic rings. The fourth-order valence-corrected chi connectivity index (χ4v) is 2.04. The number of carbonyl (C=O) groups excluding carboxylic acids is 1. The summed E-state index contributed by atoms with van der Waals surface area (Å²) in [6.07, 6.45) is 3.26. The van der Waals surface area contributed by atoms with Crippen LogP contribution in [0.15, 0.2) is 35.7 Å². The number of rotatable bonds is 3. The smallest absolute Gasteiger partial charge is 0.280 e. The van der Waals surface area contributed by atoms with Crippen molar-refractivity contribution in [3.05, 3.63) is 47.0 Å². The zero-order chi connectivity index (χ0) is 13.0. The van der Waals surface area contributed by atoms with Crippen LogP contribution in [0.2, 0.25) is 0 Å². The molecule has 1 fully saturated rings. The van der Waals surface area contributed by atoms with Gasteiger partial charge in [0.1, 0.15) is 5.82 Å². The molecule has 1 aromatic carbocycles. The molecular formula is C14H15F2NO. The van der Waals surface area contributed by atoms with Gasteiger partial charge in [0.05, 0.1) is 0 Å². The van der Waals surface area contributed by atoms with Crippen molar-refractivity contribution in [1.82, 2.24) is 5.32 Å². The second-order valence-corrected chi connectivity index (χ2v) is 4.43. The Morgan fingerprint density at radius 1 is 1.17 bits per heavy atom. The van der Waals surface area contributed by atoms with Crippen LogP contribution in [0.25, 0.3) is 0 Å². The third-order valence-corrected chi connectivity index (χ3v) is 3.08. The van der Waals surface area contributed by atoms with E-state index in [0.717, 1.165) is 18.4 Å². The highest BCUT2D eigenvalue weighted by molar-refractivity contribution is 5.91. The summed E-state index contributed by atoms with van der Waals surface area (Å²) < 4.78 is 26.3. The number of carbonyl (C=O) groups is 1. The first-order chi connectivity index (χ1) is 8.66. The zero-order valence-electron chi connectivity index (χ0n) is 10.0. The van der Waals surface area contributed by atoms with Crippen LogP contribution in [0.1, 0.15) is 31.2 Å². The van der Waals surface area contributed by atoms with Crippen LogP contribution >= 0.6 is 0 Å². The highest BCUT2D eigenvalue weighted by Crippen LogP contribution is 2.27. The molecule has 0 saturated heterocycles. The Morgan fingerprint density at radius 2 is 1.78 bits per heavy atom. The molecule has 0 unspecified atom stereocenters. The number of halogens is 2. The molecule has 18 heavy (non-hydrogen) atoms. The lowest BCUT2D eigenvalue weighted by Gasteiger charge is -2.05. The van der Waals surface area contributed by atoms with Crippen molar-refractivity contribution in [2.45, 2.75) is 32.2 Å². The van der Waals surface area contributed by atoms with Gasteiger partial charge >= 0.3 is 0 Å². The lowest BCUT2D eigenvalue weighted by Crippen LogP contribution is -2.23. The van der Waals surface area contributed by atoms with Gasteiger partial charge in [0, 0.05) is 6.54 Å². The predicted molar refractivity (Wildman–Crippen MR) is 64.8 cm³/mol. The Labute approximate surface area is 105 Å². The van der Waals surface area contributed by atoms with E-state index in [-0.39, 0.29) is 12.4 Å². The Kier molecular flexibility index (Phi) is 4.07.